The number of fused-ring (bicyclic) bond motifs is 3. The smallest absolute Gasteiger partial charge is 0.271 e. The van der Waals surface area contributed by atoms with E-state index in [0.29, 0.717) is 29.2 Å². The quantitative estimate of drug-likeness (QED) is 0.394. The second-order valence-electron chi connectivity index (χ2n) is 8.73. The number of anilines is 1. The van der Waals surface area contributed by atoms with E-state index in [1.54, 1.807) is 30.2 Å². The first kappa shape index (κ1) is 22.2. The molecule has 0 bridgehead atoms. The van der Waals surface area contributed by atoms with Crippen molar-refractivity contribution in [3.05, 3.63) is 76.9 Å². The number of carbonyl (C=O) groups excluding carboxylic acids is 1. The zero-order chi connectivity index (χ0) is 25.2. The fourth-order valence-corrected chi connectivity index (χ4v) is 5.01. The molecule has 36 heavy (non-hydrogen) atoms. The Balaban J connectivity index is 1.40. The van der Waals surface area contributed by atoms with Crippen LogP contribution < -0.4 is 5.32 Å². The highest BCUT2D eigenvalue weighted by atomic mass is 35.5. The van der Waals surface area contributed by atoms with Crippen LogP contribution in [0.15, 0.2) is 43.2 Å². The number of hydrogen-bond acceptors (Lipinski definition) is 7. The third-order valence-corrected chi connectivity index (χ3v) is 6.72. The number of hydrogen-bond donors (Lipinski definition) is 1. The Morgan fingerprint density at radius 3 is 2.64 bits per heavy atom. The minimum absolute atomic E-state index is 0.238. The summed E-state index contributed by atoms with van der Waals surface area (Å²) in [5.74, 6) is -3.16. The molecule has 0 spiro atoms. The molecule has 0 saturated heterocycles. The van der Waals surface area contributed by atoms with Gasteiger partial charge < -0.3 is 5.32 Å². The molecule has 1 amide bonds. The summed E-state index contributed by atoms with van der Waals surface area (Å²) in [7, 11) is 1.77. The van der Waals surface area contributed by atoms with Crippen LogP contribution in [0.25, 0.3) is 11.5 Å². The lowest BCUT2D eigenvalue weighted by atomic mass is 9.80. The molecule has 0 saturated carbocycles. The highest BCUT2D eigenvalue weighted by Crippen LogP contribution is 2.50. The summed E-state index contributed by atoms with van der Waals surface area (Å²) in [6, 6.07) is 1.54. The van der Waals surface area contributed by atoms with Crippen molar-refractivity contribution >= 4 is 28.8 Å². The van der Waals surface area contributed by atoms with E-state index in [0.717, 1.165) is 10.1 Å². The van der Waals surface area contributed by atoms with Gasteiger partial charge in [-0.3, -0.25) is 9.48 Å². The fraction of sp³-hybridized carbons (Fsp3) is 0.227. The van der Waals surface area contributed by atoms with E-state index in [2.05, 4.69) is 35.7 Å². The summed E-state index contributed by atoms with van der Waals surface area (Å²) in [4.78, 5) is 23.1. The lowest BCUT2D eigenvalue weighted by Gasteiger charge is -2.24. The third kappa shape index (κ3) is 3.26. The van der Waals surface area contributed by atoms with Crippen LogP contribution in [0.3, 0.4) is 0 Å². The zero-order valence-corrected chi connectivity index (χ0v) is 19.6. The summed E-state index contributed by atoms with van der Waals surface area (Å²) in [6.07, 6.45) is 9.59. The van der Waals surface area contributed by atoms with E-state index in [9.17, 15) is 13.6 Å². The summed E-state index contributed by atoms with van der Waals surface area (Å²) in [6.45, 7) is 1.89. The van der Waals surface area contributed by atoms with Crippen molar-refractivity contribution in [1.29, 1.82) is 0 Å². The molecule has 0 unspecified atom stereocenters. The van der Waals surface area contributed by atoms with Crippen LogP contribution in [0.1, 0.15) is 36.1 Å². The minimum Gasteiger partial charge on any atom is -0.324 e. The average molecular weight is 511 g/mol. The topological polar surface area (TPSA) is 121 Å². The van der Waals surface area contributed by atoms with E-state index < -0.39 is 23.1 Å². The van der Waals surface area contributed by atoms with Gasteiger partial charge in [-0.2, -0.15) is 24.1 Å². The predicted octanol–water partition coefficient (Wildman–Crippen LogP) is 2.80. The van der Waals surface area contributed by atoms with Crippen molar-refractivity contribution in [2.24, 2.45) is 7.05 Å². The number of rotatable bonds is 4. The summed E-state index contributed by atoms with van der Waals surface area (Å²) in [5.41, 5.74) is 1.03. The molecule has 1 N–H and O–H groups in total. The highest BCUT2D eigenvalue weighted by Gasteiger charge is 2.48. The molecule has 6 rings (SSSR count). The first-order valence-electron chi connectivity index (χ1n) is 10.8. The predicted molar refractivity (Wildman–Crippen MR) is 123 cm³/mol. The second-order valence-corrected chi connectivity index (χ2v) is 9.14. The molecule has 5 aromatic rings. The molecule has 182 valence electrons. The number of halogens is 3. The van der Waals surface area contributed by atoms with Crippen LogP contribution in [-0.4, -0.2) is 50.3 Å². The van der Waals surface area contributed by atoms with Crippen molar-refractivity contribution in [3.63, 3.8) is 0 Å². The monoisotopic (exact) mass is 510 g/mol. The van der Waals surface area contributed by atoms with Gasteiger partial charge in [-0.05, 0) is 19.4 Å². The van der Waals surface area contributed by atoms with Gasteiger partial charge in [-0.25, -0.2) is 14.5 Å². The van der Waals surface area contributed by atoms with E-state index in [1.165, 1.54) is 29.6 Å². The Morgan fingerprint density at radius 2 is 1.94 bits per heavy atom. The maximum absolute atomic E-state index is 14.4. The molecule has 0 aromatic carbocycles. The van der Waals surface area contributed by atoms with E-state index in [-0.39, 0.29) is 16.6 Å². The molecule has 0 radical (unpaired) electrons. The van der Waals surface area contributed by atoms with Gasteiger partial charge in [0.15, 0.2) is 11.5 Å². The molecule has 1 aliphatic rings. The van der Waals surface area contributed by atoms with Crippen LogP contribution in [-0.2, 0) is 17.3 Å². The Hall–Kier alpha value is -4.26. The van der Waals surface area contributed by atoms with Crippen LogP contribution in [0.2, 0.25) is 5.02 Å². The van der Waals surface area contributed by atoms with E-state index in [1.807, 2.05) is 6.92 Å². The minimum atomic E-state index is -1.26. The Morgan fingerprint density at radius 1 is 1.17 bits per heavy atom. The van der Waals surface area contributed by atoms with Crippen LogP contribution >= 0.6 is 11.6 Å². The molecule has 14 heteroatoms. The maximum atomic E-state index is 14.4. The van der Waals surface area contributed by atoms with Gasteiger partial charge in [0.1, 0.15) is 0 Å². The molecular weight excluding hydrogens is 494 g/mol. The molecule has 11 nitrogen and oxygen atoms in total. The molecule has 5 heterocycles. The van der Waals surface area contributed by atoms with E-state index in [4.69, 9.17) is 11.6 Å². The first-order valence-corrected chi connectivity index (χ1v) is 11.2. The molecule has 2 atom stereocenters. The maximum Gasteiger partial charge on any atom is 0.271 e. The molecular formula is C22H17ClF2N10O. The van der Waals surface area contributed by atoms with Crippen LogP contribution in [0, 0.1) is 11.8 Å². The van der Waals surface area contributed by atoms with Gasteiger partial charge in [0.05, 0.1) is 47.1 Å². The highest BCUT2D eigenvalue weighted by molar-refractivity contribution is 6.32. The molecule has 1 aliphatic carbocycles. The van der Waals surface area contributed by atoms with Gasteiger partial charge >= 0.3 is 0 Å². The zero-order valence-electron chi connectivity index (χ0n) is 18.9. The number of aromatic nitrogens is 9. The fourth-order valence-electron chi connectivity index (χ4n) is 4.76. The van der Waals surface area contributed by atoms with Gasteiger partial charge in [0, 0.05) is 36.0 Å². The number of carbonyl (C=O) groups is 1. The van der Waals surface area contributed by atoms with Gasteiger partial charge in [-0.1, -0.05) is 11.6 Å². The molecule has 5 aromatic heterocycles. The first-order chi connectivity index (χ1) is 17.3. The van der Waals surface area contributed by atoms with Crippen molar-refractivity contribution in [1.82, 2.24) is 44.4 Å². The average Bonchev–Trinajstić information content (AvgIpc) is 3.63. The molecule has 0 fully saturated rings. The van der Waals surface area contributed by atoms with Crippen LogP contribution in [0.5, 0.6) is 0 Å². The number of nitrogens with zero attached hydrogens (tertiary/aromatic N) is 9. The van der Waals surface area contributed by atoms with Crippen molar-refractivity contribution < 1.29 is 13.6 Å². The SMILES string of the molecule is Cn1cc([C@@]2(C)C[C@H](C(=O)Nc3cnc(-n4nccn4)c(Cl)c3)c3cnc4c(F)c(F)nn4c32)cn1. The number of pyridine rings is 1. The second kappa shape index (κ2) is 7.88. The van der Waals surface area contributed by atoms with Gasteiger partial charge in [-0.15, -0.1) is 9.90 Å². The lowest BCUT2D eigenvalue weighted by molar-refractivity contribution is -0.117. The largest absolute Gasteiger partial charge is 0.324 e. The van der Waals surface area contributed by atoms with Crippen molar-refractivity contribution in [3.8, 4) is 5.82 Å². The standard InChI is InChI=1S/C22H17ClF2N10O/c1-22(11-7-30-33(2)10-11)6-13(14-9-27-20-16(24)18(25)32-34(20)17(14)22)21(36)31-12-5-15(23)19(26-8-12)35-28-3-4-29-35/h3-5,7-10,13H,6H2,1-2H3,(H,31,36)/t13-,22+/m0/s1. The number of aryl methyl sites for hydroxylation is 1. The number of amides is 1. The normalized spacial score (nSPS) is 19.1. The lowest BCUT2D eigenvalue weighted by Crippen LogP contribution is -2.25. The Kier molecular flexibility index (Phi) is 4.86. The van der Waals surface area contributed by atoms with Gasteiger partial charge in [0.25, 0.3) is 5.95 Å². The van der Waals surface area contributed by atoms with Crippen molar-refractivity contribution in [2.45, 2.75) is 24.7 Å². The Labute approximate surface area is 206 Å². The molecule has 0 aliphatic heterocycles. The summed E-state index contributed by atoms with van der Waals surface area (Å²) < 4.78 is 31.2. The summed E-state index contributed by atoms with van der Waals surface area (Å²) in [5, 5.41) is 19.1. The third-order valence-electron chi connectivity index (χ3n) is 6.44. The van der Waals surface area contributed by atoms with Crippen molar-refractivity contribution in [2.75, 3.05) is 5.32 Å². The summed E-state index contributed by atoms with van der Waals surface area (Å²) >= 11 is 6.34. The van der Waals surface area contributed by atoms with Gasteiger partial charge in [0.2, 0.25) is 11.7 Å². The van der Waals surface area contributed by atoms with E-state index >= 15 is 0 Å². The Bertz CT molecular complexity index is 1650. The number of nitrogens with one attached hydrogen (secondary N) is 1. The van der Waals surface area contributed by atoms with Crippen LogP contribution in [0.4, 0.5) is 14.5 Å².